The average Bonchev–Trinajstić information content (AvgIpc) is 2.74. The SMILES string of the molecule is [CH]1CC1Cc1ccccc1. The molecule has 0 heteroatoms. The lowest BCUT2D eigenvalue weighted by Crippen LogP contribution is -1.84. The first-order chi connectivity index (χ1) is 4.95. The fraction of sp³-hybridized carbons (Fsp3) is 0.300. The molecule has 0 heterocycles. The first-order valence-electron chi connectivity index (χ1n) is 3.82. The summed E-state index contributed by atoms with van der Waals surface area (Å²) in [6.45, 7) is 0. The summed E-state index contributed by atoms with van der Waals surface area (Å²) in [6, 6.07) is 10.7. The Labute approximate surface area is 61.9 Å². The molecule has 0 aromatic heterocycles. The van der Waals surface area contributed by atoms with Gasteiger partial charge >= 0.3 is 0 Å². The van der Waals surface area contributed by atoms with Gasteiger partial charge < -0.3 is 0 Å². The van der Waals surface area contributed by atoms with E-state index < -0.39 is 0 Å². The van der Waals surface area contributed by atoms with Gasteiger partial charge in [0, 0.05) is 0 Å². The molecule has 1 unspecified atom stereocenters. The van der Waals surface area contributed by atoms with Gasteiger partial charge in [-0.1, -0.05) is 30.3 Å². The van der Waals surface area contributed by atoms with Crippen LogP contribution in [0.1, 0.15) is 12.0 Å². The summed E-state index contributed by atoms with van der Waals surface area (Å²) >= 11 is 0. The molecule has 0 amide bonds. The summed E-state index contributed by atoms with van der Waals surface area (Å²) in [6.07, 6.45) is 4.95. The third-order valence-electron chi connectivity index (χ3n) is 1.91. The molecule has 10 heavy (non-hydrogen) atoms. The lowest BCUT2D eigenvalue weighted by Gasteiger charge is -1.95. The fourth-order valence-electron chi connectivity index (χ4n) is 1.18. The maximum atomic E-state index is 2.37. The summed E-state index contributed by atoms with van der Waals surface area (Å²) < 4.78 is 0. The van der Waals surface area contributed by atoms with Crippen molar-refractivity contribution in [3.63, 3.8) is 0 Å². The van der Waals surface area contributed by atoms with Gasteiger partial charge in [0.15, 0.2) is 0 Å². The first kappa shape index (κ1) is 5.96. The van der Waals surface area contributed by atoms with E-state index in [4.69, 9.17) is 0 Å². The van der Waals surface area contributed by atoms with Crippen LogP contribution in [0.3, 0.4) is 0 Å². The van der Waals surface area contributed by atoms with E-state index in [1.54, 1.807) is 0 Å². The summed E-state index contributed by atoms with van der Waals surface area (Å²) in [7, 11) is 0. The molecule has 1 atom stereocenters. The van der Waals surface area contributed by atoms with Crippen LogP contribution in [-0.2, 0) is 6.42 Å². The molecule has 51 valence electrons. The summed E-state index contributed by atoms with van der Waals surface area (Å²) in [5.41, 5.74) is 1.47. The molecule has 1 aromatic rings. The van der Waals surface area contributed by atoms with E-state index in [1.807, 2.05) is 0 Å². The molecule has 1 aromatic carbocycles. The number of rotatable bonds is 2. The Morgan fingerprint density at radius 1 is 1.20 bits per heavy atom. The Morgan fingerprint density at radius 3 is 2.50 bits per heavy atom. The highest BCUT2D eigenvalue weighted by molar-refractivity contribution is 5.18. The molecule has 0 nitrogen and oxygen atoms in total. The van der Waals surface area contributed by atoms with Crippen LogP contribution in [0.2, 0.25) is 0 Å². The summed E-state index contributed by atoms with van der Waals surface area (Å²) in [5, 5.41) is 0. The van der Waals surface area contributed by atoms with Gasteiger partial charge in [-0.25, -0.2) is 0 Å². The van der Waals surface area contributed by atoms with E-state index in [2.05, 4.69) is 36.8 Å². The van der Waals surface area contributed by atoms with Gasteiger partial charge in [-0.05, 0) is 30.7 Å². The zero-order valence-electron chi connectivity index (χ0n) is 5.96. The Kier molecular flexibility index (Phi) is 1.46. The summed E-state index contributed by atoms with van der Waals surface area (Å²) in [5.74, 6) is 0.891. The third kappa shape index (κ3) is 1.38. The van der Waals surface area contributed by atoms with Crippen LogP contribution in [0.4, 0.5) is 0 Å². The van der Waals surface area contributed by atoms with Crippen molar-refractivity contribution < 1.29 is 0 Å². The van der Waals surface area contributed by atoms with Crippen LogP contribution in [-0.4, -0.2) is 0 Å². The van der Waals surface area contributed by atoms with Crippen molar-refractivity contribution in [2.24, 2.45) is 5.92 Å². The van der Waals surface area contributed by atoms with Crippen LogP contribution in [0.5, 0.6) is 0 Å². The summed E-state index contributed by atoms with van der Waals surface area (Å²) in [4.78, 5) is 0. The molecule has 1 fully saturated rings. The van der Waals surface area contributed by atoms with Gasteiger partial charge in [-0.3, -0.25) is 0 Å². The molecule has 0 bridgehead atoms. The van der Waals surface area contributed by atoms with E-state index in [0.29, 0.717) is 0 Å². The number of benzene rings is 1. The normalized spacial score (nSPS) is 17.2. The minimum atomic E-state index is 0.891. The van der Waals surface area contributed by atoms with Gasteiger partial charge in [0.25, 0.3) is 0 Å². The van der Waals surface area contributed by atoms with Crippen LogP contribution in [0.15, 0.2) is 30.3 Å². The monoisotopic (exact) mass is 131 g/mol. The maximum absolute atomic E-state index is 2.37. The van der Waals surface area contributed by atoms with E-state index >= 15 is 0 Å². The zero-order chi connectivity index (χ0) is 6.81. The molecule has 1 saturated carbocycles. The van der Waals surface area contributed by atoms with E-state index in [0.717, 1.165) is 5.92 Å². The molecule has 2 rings (SSSR count). The topological polar surface area (TPSA) is 0 Å². The molecule has 1 radical (unpaired) electrons. The van der Waals surface area contributed by atoms with Crippen molar-refractivity contribution in [3.8, 4) is 0 Å². The van der Waals surface area contributed by atoms with Gasteiger partial charge in [0.1, 0.15) is 0 Å². The first-order valence-corrected chi connectivity index (χ1v) is 3.82. The Morgan fingerprint density at radius 2 is 1.90 bits per heavy atom. The highest BCUT2D eigenvalue weighted by Crippen LogP contribution is 2.30. The molecule has 0 aliphatic heterocycles. The predicted octanol–water partition coefficient (Wildman–Crippen LogP) is 2.45. The molecule has 0 saturated heterocycles. The second-order valence-electron chi connectivity index (χ2n) is 2.92. The smallest absolute Gasteiger partial charge is 0.0248 e. The van der Waals surface area contributed by atoms with Crippen molar-refractivity contribution in [2.45, 2.75) is 12.8 Å². The third-order valence-corrected chi connectivity index (χ3v) is 1.91. The Hall–Kier alpha value is -0.780. The van der Waals surface area contributed by atoms with E-state index in [9.17, 15) is 0 Å². The zero-order valence-corrected chi connectivity index (χ0v) is 5.96. The van der Waals surface area contributed by atoms with Crippen LogP contribution in [0.25, 0.3) is 0 Å². The largest absolute Gasteiger partial charge is 0.0622 e. The van der Waals surface area contributed by atoms with Crippen molar-refractivity contribution >= 4 is 0 Å². The van der Waals surface area contributed by atoms with Gasteiger partial charge in [0.05, 0.1) is 0 Å². The van der Waals surface area contributed by atoms with Gasteiger partial charge in [-0.2, -0.15) is 0 Å². The molecule has 1 aliphatic rings. The van der Waals surface area contributed by atoms with Crippen molar-refractivity contribution in [3.05, 3.63) is 42.3 Å². The minimum Gasteiger partial charge on any atom is -0.0622 e. The van der Waals surface area contributed by atoms with Crippen molar-refractivity contribution in [1.29, 1.82) is 0 Å². The van der Waals surface area contributed by atoms with Crippen LogP contribution >= 0.6 is 0 Å². The highest BCUT2D eigenvalue weighted by Gasteiger charge is 2.21. The number of hydrogen-bond acceptors (Lipinski definition) is 0. The maximum Gasteiger partial charge on any atom is -0.0248 e. The lowest BCUT2D eigenvalue weighted by molar-refractivity contribution is 0.860. The standard InChI is InChI=1S/C10H11/c1-2-4-9(5-3-1)8-10-6-7-10/h1-6,10H,7-8H2. The lowest BCUT2D eigenvalue weighted by atomic mass is 10.1. The minimum absolute atomic E-state index is 0.891. The van der Waals surface area contributed by atoms with Gasteiger partial charge in [-0.15, -0.1) is 0 Å². The highest BCUT2D eigenvalue weighted by atomic mass is 14.3. The predicted molar refractivity (Wildman–Crippen MR) is 42.6 cm³/mol. The van der Waals surface area contributed by atoms with Crippen LogP contribution < -0.4 is 0 Å². The fourth-order valence-corrected chi connectivity index (χ4v) is 1.18. The second-order valence-corrected chi connectivity index (χ2v) is 2.92. The van der Waals surface area contributed by atoms with E-state index in [1.165, 1.54) is 18.4 Å². The van der Waals surface area contributed by atoms with Crippen LogP contribution in [0, 0.1) is 12.3 Å². The van der Waals surface area contributed by atoms with Gasteiger partial charge in [0.2, 0.25) is 0 Å². The molecule has 0 spiro atoms. The Balaban J connectivity index is 2.03. The quantitative estimate of drug-likeness (QED) is 0.578. The van der Waals surface area contributed by atoms with Crippen molar-refractivity contribution in [1.82, 2.24) is 0 Å². The second kappa shape index (κ2) is 2.45. The average molecular weight is 131 g/mol. The van der Waals surface area contributed by atoms with Crippen molar-refractivity contribution in [2.75, 3.05) is 0 Å². The Bertz CT molecular complexity index is 197. The molecular formula is C10H11. The number of hydrogen-bond donors (Lipinski definition) is 0. The molecular weight excluding hydrogens is 120 g/mol. The van der Waals surface area contributed by atoms with E-state index in [-0.39, 0.29) is 0 Å². The molecule has 1 aliphatic carbocycles. The molecule has 0 N–H and O–H groups in total.